The van der Waals surface area contributed by atoms with E-state index in [0.717, 1.165) is 35.8 Å². The van der Waals surface area contributed by atoms with Gasteiger partial charge in [0.2, 0.25) is 0 Å². The van der Waals surface area contributed by atoms with Crippen LogP contribution in [0.25, 0.3) is 0 Å². The molecule has 4 aliphatic rings. The summed E-state index contributed by atoms with van der Waals surface area (Å²) in [4.78, 5) is 0. The van der Waals surface area contributed by atoms with Crippen molar-refractivity contribution in [3.63, 3.8) is 0 Å². The second kappa shape index (κ2) is 8.86. The number of ether oxygens (including phenoxy) is 2. The highest BCUT2D eigenvalue weighted by Crippen LogP contribution is 2.61. The second-order valence-electron chi connectivity index (χ2n) is 10.3. The summed E-state index contributed by atoms with van der Waals surface area (Å²) in [7, 11) is 0. The van der Waals surface area contributed by atoms with Gasteiger partial charge in [-0.25, -0.2) is 0 Å². The molecule has 1 atom stereocenters. The summed E-state index contributed by atoms with van der Waals surface area (Å²) in [6.07, 6.45) is 8.80. The van der Waals surface area contributed by atoms with Gasteiger partial charge in [0.05, 0.1) is 6.61 Å². The highest BCUT2D eigenvalue weighted by atomic mass is 16.5. The van der Waals surface area contributed by atoms with Gasteiger partial charge in [0, 0.05) is 18.2 Å². The predicted octanol–water partition coefficient (Wildman–Crippen LogP) is 6.36. The summed E-state index contributed by atoms with van der Waals surface area (Å²) >= 11 is 0. The molecule has 4 bridgehead atoms. The van der Waals surface area contributed by atoms with E-state index in [-0.39, 0.29) is 0 Å². The van der Waals surface area contributed by atoms with Crippen molar-refractivity contribution >= 4 is 0 Å². The molecule has 0 spiro atoms. The van der Waals surface area contributed by atoms with Crippen LogP contribution in [0.4, 0.5) is 0 Å². The lowest BCUT2D eigenvalue weighted by atomic mass is 9.48. The third kappa shape index (κ3) is 4.35. The van der Waals surface area contributed by atoms with Gasteiger partial charge >= 0.3 is 0 Å². The molecule has 0 heterocycles. The maximum Gasteiger partial charge on any atom is 0.166 e. The monoisotopic (exact) mass is 419 g/mol. The summed E-state index contributed by atoms with van der Waals surface area (Å²) in [5, 5.41) is 3.93. The molecule has 6 rings (SSSR count). The fraction of sp³-hybridized carbons (Fsp3) is 0.571. The molecule has 0 unspecified atom stereocenters. The van der Waals surface area contributed by atoms with Gasteiger partial charge in [0.15, 0.2) is 11.5 Å². The van der Waals surface area contributed by atoms with Gasteiger partial charge < -0.3 is 14.8 Å². The summed E-state index contributed by atoms with van der Waals surface area (Å²) < 4.78 is 12.2. The van der Waals surface area contributed by atoms with Gasteiger partial charge in [0.25, 0.3) is 0 Å². The Bertz CT molecular complexity index is 843. The van der Waals surface area contributed by atoms with Crippen LogP contribution >= 0.6 is 0 Å². The molecule has 0 aromatic heterocycles. The molecule has 4 fully saturated rings. The molecule has 0 saturated heterocycles. The summed E-state index contributed by atoms with van der Waals surface area (Å²) in [6.45, 7) is 6.49. The SMILES string of the molecule is CCOc1cccc(CN[C@@H](C)C23CC4CC(CC(C4)C2)C3)c1OCc1ccccc1. The minimum Gasteiger partial charge on any atom is -0.490 e. The Kier molecular flexibility index (Phi) is 5.97. The van der Waals surface area contributed by atoms with Gasteiger partial charge in [-0.05, 0) is 87.2 Å². The van der Waals surface area contributed by atoms with Gasteiger partial charge in [-0.2, -0.15) is 0 Å². The van der Waals surface area contributed by atoms with Crippen LogP contribution in [0.15, 0.2) is 48.5 Å². The van der Waals surface area contributed by atoms with E-state index in [9.17, 15) is 0 Å². The molecule has 3 nitrogen and oxygen atoms in total. The maximum absolute atomic E-state index is 6.32. The highest BCUT2D eigenvalue weighted by molar-refractivity contribution is 5.47. The van der Waals surface area contributed by atoms with Gasteiger partial charge in [-0.3, -0.25) is 0 Å². The number of benzene rings is 2. The first-order chi connectivity index (χ1) is 15.1. The number of hydrogen-bond donors (Lipinski definition) is 1. The lowest BCUT2D eigenvalue weighted by Gasteiger charge is -2.59. The summed E-state index contributed by atoms with van der Waals surface area (Å²) in [5.41, 5.74) is 2.88. The number of rotatable bonds is 9. The fourth-order valence-electron chi connectivity index (χ4n) is 7.05. The van der Waals surface area contributed by atoms with Crippen molar-refractivity contribution in [3.05, 3.63) is 59.7 Å². The van der Waals surface area contributed by atoms with E-state index in [2.05, 4.69) is 48.6 Å². The van der Waals surface area contributed by atoms with E-state index in [4.69, 9.17) is 9.47 Å². The molecule has 0 radical (unpaired) electrons. The average Bonchev–Trinajstić information content (AvgIpc) is 2.77. The highest BCUT2D eigenvalue weighted by Gasteiger charge is 2.52. The predicted molar refractivity (Wildman–Crippen MR) is 125 cm³/mol. The van der Waals surface area contributed by atoms with E-state index < -0.39 is 0 Å². The lowest BCUT2D eigenvalue weighted by molar-refractivity contribution is -0.0706. The van der Waals surface area contributed by atoms with Crippen molar-refractivity contribution in [1.29, 1.82) is 0 Å². The molecular formula is C28H37NO2. The largest absolute Gasteiger partial charge is 0.490 e. The summed E-state index contributed by atoms with van der Waals surface area (Å²) in [5.74, 6) is 4.70. The van der Waals surface area contributed by atoms with Crippen molar-refractivity contribution in [2.45, 2.75) is 71.6 Å². The first kappa shape index (κ1) is 20.9. The summed E-state index contributed by atoms with van der Waals surface area (Å²) in [6, 6.07) is 17.2. The van der Waals surface area contributed by atoms with Crippen LogP contribution in [-0.2, 0) is 13.2 Å². The van der Waals surface area contributed by atoms with Crippen LogP contribution in [0.3, 0.4) is 0 Å². The van der Waals surface area contributed by atoms with Crippen LogP contribution in [0.2, 0.25) is 0 Å². The zero-order chi connectivity index (χ0) is 21.3. The van der Waals surface area contributed by atoms with Crippen LogP contribution < -0.4 is 14.8 Å². The number of hydrogen-bond acceptors (Lipinski definition) is 3. The van der Waals surface area contributed by atoms with Crippen molar-refractivity contribution in [2.24, 2.45) is 23.2 Å². The molecule has 31 heavy (non-hydrogen) atoms. The smallest absolute Gasteiger partial charge is 0.166 e. The molecule has 1 N–H and O–H groups in total. The van der Waals surface area contributed by atoms with Crippen LogP contribution in [0, 0.1) is 23.2 Å². The van der Waals surface area contributed by atoms with Crippen molar-refractivity contribution in [1.82, 2.24) is 5.32 Å². The van der Waals surface area contributed by atoms with Crippen molar-refractivity contribution < 1.29 is 9.47 Å². The van der Waals surface area contributed by atoms with E-state index in [0.29, 0.717) is 24.7 Å². The topological polar surface area (TPSA) is 30.5 Å². The third-order valence-electron chi connectivity index (χ3n) is 8.19. The molecule has 4 saturated carbocycles. The van der Waals surface area contributed by atoms with Gasteiger partial charge in [0.1, 0.15) is 6.61 Å². The third-order valence-corrected chi connectivity index (χ3v) is 8.19. The standard InChI is InChI=1S/C28H37NO2/c1-3-30-26-11-7-10-25(27(26)31-19-21-8-5-4-6-9-21)18-29-20(2)28-15-22-12-23(16-28)14-24(13-22)17-28/h4-11,20,22-24,29H,3,12-19H2,1-2H3/t20-,22?,23?,24?,28?/m0/s1. The minimum absolute atomic E-state index is 0.511. The van der Waals surface area contributed by atoms with Gasteiger partial charge in [-0.15, -0.1) is 0 Å². The molecule has 4 aliphatic carbocycles. The van der Waals surface area contributed by atoms with Crippen molar-refractivity contribution in [3.8, 4) is 11.5 Å². The van der Waals surface area contributed by atoms with E-state index in [1.54, 1.807) is 0 Å². The molecule has 166 valence electrons. The Morgan fingerprint density at radius 1 is 0.903 bits per heavy atom. The van der Waals surface area contributed by atoms with Crippen LogP contribution in [0.5, 0.6) is 11.5 Å². The normalized spacial score (nSPS) is 29.7. The van der Waals surface area contributed by atoms with E-state index in [1.807, 2.05) is 19.1 Å². The Labute approximate surface area is 187 Å². The minimum atomic E-state index is 0.511. The molecule has 2 aromatic carbocycles. The fourth-order valence-corrected chi connectivity index (χ4v) is 7.05. The zero-order valence-electron chi connectivity index (χ0n) is 19.1. The zero-order valence-corrected chi connectivity index (χ0v) is 19.1. The van der Waals surface area contributed by atoms with Crippen molar-refractivity contribution in [2.75, 3.05) is 6.61 Å². The van der Waals surface area contributed by atoms with Crippen LogP contribution in [-0.4, -0.2) is 12.6 Å². The Morgan fingerprint density at radius 2 is 1.58 bits per heavy atom. The Hall–Kier alpha value is -2.00. The van der Waals surface area contributed by atoms with Gasteiger partial charge in [-0.1, -0.05) is 42.5 Å². The lowest BCUT2D eigenvalue weighted by Crippen LogP contribution is -2.54. The first-order valence-electron chi connectivity index (χ1n) is 12.3. The average molecular weight is 420 g/mol. The number of para-hydroxylation sites is 1. The first-order valence-corrected chi connectivity index (χ1v) is 12.3. The number of nitrogens with one attached hydrogen (secondary N) is 1. The maximum atomic E-state index is 6.32. The second-order valence-corrected chi connectivity index (χ2v) is 10.3. The quantitative estimate of drug-likeness (QED) is 0.513. The molecule has 0 amide bonds. The molecule has 0 aliphatic heterocycles. The van der Waals surface area contributed by atoms with E-state index in [1.165, 1.54) is 49.7 Å². The molecule has 2 aromatic rings. The molecular weight excluding hydrogens is 382 g/mol. The Morgan fingerprint density at radius 3 is 2.23 bits per heavy atom. The van der Waals surface area contributed by atoms with E-state index >= 15 is 0 Å². The Balaban J connectivity index is 1.30. The van der Waals surface area contributed by atoms with Crippen LogP contribution in [0.1, 0.15) is 63.5 Å². The molecule has 3 heteroatoms.